The summed E-state index contributed by atoms with van der Waals surface area (Å²) in [5.41, 5.74) is 5.33. The minimum absolute atomic E-state index is 0.0742. The molecule has 4 rings (SSSR count). The molecule has 0 spiro atoms. The van der Waals surface area contributed by atoms with E-state index in [1.807, 2.05) is 56.3 Å². The fraction of sp³-hybridized carbons (Fsp3) is 0.217. The zero-order valence-corrected chi connectivity index (χ0v) is 18.0. The quantitative estimate of drug-likeness (QED) is 0.397. The molecule has 0 saturated heterocycles. The van der Waals surface area contributed by atoms with Gasteiger partial charge in [0, 0.05) is 5.56 Å². The van der Waals surface area contributed by atoms with E-state index in [1.54, 1.807) is 11.8 Å². The topological polar surface area (TPSA) is 64.1 Å². The second kappa shape index (κ2) is 8.59. The lowest BCUT2D eigenvalue weighted by molar-refractivity contribution is 0.240. The molecule has 0 aliphatic heterocycles. The number of ether oxygens (including phenoxy) is 2. The van der Waals surface area contributed by atoms with Crippen LogP contribution in [0.4, 0.5) is 0 Å². The molecule has 4 aromatic rings. The molecule has 30 heavy (non-hydrogen) atoms. The van der Waals surface area contributed by atoms with Gasteiger partial charge < -0.3 is 14.9 Å². The maximum Gasteiger partial charge on any atom is 0.214 e. The van der Waals surface area contributed by atoms with Crippen LogP contribution in [0.5, 0.6) is 11.5 Å². The van der Waals surface area contributed by atoms with Crippen molar-refractivity contribution < 1.29 is 9.47 Å². The SMILES string of the molecule is COc1ccccc1-c1n[nH]c(=S)n1NCc1c(OC(C)C)ccc2ccccc12. The molecule has 1 heterocycles. The lowest BCUT2D eigenvalue weighted by Crippen LogP contribution is -2.17. The van der Waals surface area contributed by atoms with E-state index in [4.69, 9.17) is 21.7 Å². The van der Waals surface area contributed by atoms with Crippen molar-refractivity contribution in [2.24, 2.45) is 0 Å². The third-order valence-corrected chi connectivity index (χ3v) is 5.07. The number of benzene rings is 3. The fourth-order valence-electron chi connectivity index (χ4n) is 3.47. The van der Waals surface area contributed by atoms with Crippen LogP contribution >= 0.6 is 12.2 Å². The lowest BCUT2D eigenvalue weighted by atomic mass is 10.0. The number of rotatable bonds is 7. The number of hydrogen-bond donors (Lipinski definition) is 2. The van der Waals surface area contributed by atoms with Gasteiger partial charge in [0.05, 0.1) is 25.3 Å². The van der Waals surface area contributed by atoms with E-state index in [9.17, 15) is 0 Å². The van der Waals surface area contributed by atoms with Crippen molar-refractivity contribution in [2.45, 2.75) is 26.5 Å². The van der Waals surface area contributed by atoms with Gasteiger partial charge in [0.1, 0.15) is 11.5 Å². The summed E-state index contributed by atoms with van der Waals surface area (Å²) in [6.07, 6.45) is 0.0742. The zero-order valence-electron chi connectivity index (χ0n) is 17.2. The summed E-state index contributed by atoms with van der Waals surface area (Å²) < 4.78 is 13.8. The molecule has 0 radical (unpaired) electrons. The summed E-state index contributed by atoms with van der Waals surface area (Å²) in [5, 5.41) is 9.58. The molecule has 2 N–H and O–H groups in total. The van der Waals surface area contributed by atoms with Gasteiger partial charge in [-0.05, 0) is 55.0 Å². The lowest BCUT2D eigenvalue weighted by Gasteiger charge is -2.18. The van der Waals surface area contributed by atoms with Crippen LogP contribution in [-0.4, -0.2) is 28.1 Å². The van der Waals surface area contributed by atoms with Gasteiger partial charge in [-0.2, -0.15) is 5.10 Å². The number of hydrogen-bond acceptors (Lipinski definition) is 5. The molecule has 6 nitrogen and oxygen atoms in total. The highest BCUT2D eigenvalue weighted by atomic mass is 32.1. The van der Waals surface area contributed by atoms with Crippen molar-refractivity contribution in [2.75, 3.05) is 12.5 Å². The number of H-pyrrole nitrogens is 1. The first kappa shape index (κ1) is 20.0. The number of nitrogens with zero attached hydrogens (tertiary/aromatic N) is 2. The predicted octanol–water partition coefficient (Wildman–Crippen LogP) is 5.30. The minimum Gasteiger partial charge on any atom is -0.496 e. The van der Waals surface area contributed by atoms with Crippen molar-refractivity contribution in [1.29, 1.82) is 0 Å². The van der Waals surface area contributed by atoms with Crippen LogP contribution in [0.15, 0.2) is 60.7 Å². The molecule has 1 aromatic heterocycles. The minimum atomic E-state index is 0.0742. The zero-order chi connectivity index (χ0) is 21.1. The normalized spacial score (nSPS) is 11.1. The Kier molecular flexibility index (Phi) is 5.72. The monoisotopic (exact) mass is 420 g/mol. The fourth-order valence-corrected chi connectivity index (χ4v) is 3.67. The Morgan fingerprint density at radius 2 is 1.80 bits per heavy atom. The van der Waals surface area contributed by atoms with Crippen LogP contribution in [0, 0.1) is 4.77 Å². The van der Waals surface area contributed by atoms with E-state index in [0.29, 0.717) is 17.1 Å². The smallest absolute Gasteiger partial charge is 0.214 e. The Labute approximate surface area is 180 Å². The Bertz CT molecular complexity index is 1230. The summed E-state index contributed by atoms with van der Waals surface area (Å²) in [5.74, 6) is 2.23. The predicted molar refractivity (Wildman–Crippen MR) is 122 cm³/mol. The van der Waals surface area contributed by atoms with Crippen LogP contribution in [0.1, 0.15) is 19.4 Å². The van der Waals surface area contributed by atoms with Crippen molar-refractivity contribution in [1.82, 2.24) is 14.9 Å². The number of methoxy groups -OCH3 is 1. The molecule has 7 heteroatoms. The van der Waals surface area contributed by atoms with Crippen LogP contribution in [0.3, 0.4) is 0 Å². The van der Waals surface area contributed by atoms with Crippen LogP contribution in [0.2, 0.25) is 0 Å². The average Bonchev–Trinajstić information content (AvgIpc) is 3.12. The van der Waals surface area contributed by atoms with E-state index in [1.165, 1.54) is 0 Å². The highest BCUT2D eigenvalue weighted by molar-refractivity contribution is 7.71. The van der Waals surface area contributed by atoms with Crippen molar-refractivity contribution in [3.8, 4) is 22.9 Å². The number of nitrogens with one attached hydrogen (secondary N) is 2. The summed E-state index contributed by atoms with van der Waals surface area (Å²) in [6.45, 7) is 4.57. The van der Waals surface area contributed by atoms with E-state index < -0.39 is 0 Å². The largest absolute Gasteiger partial charge is 0.496 e. The molecule has 154 valence electrons. The molecule has 0 fully saturated rings. The third kappa shape index (κ3) is 3.89. The molecule has 0 amide bonds. The van der Waals surface area contributed by atoms with Crippen molar-refractivity contribution in [3.05, 3.63) is 71.0 Å². The van der Waals surface area contributed by atoms with Crippen LogP contribution in [-0.2, 0) is 6.54 Å². The summed E-state index contributed by atoms with van der Waals surface area (Å²) in [6, 6.07) is 20.1. The highest BCUT2D eigenvalue weighted by Crippen LogP contribution is 2.30. The summed E-state index contributed by atoms with van der Waals surface area (Å²) in [7, 11) is 1.64. The van der Waals surface area contributed by atoms with Gasteiger partial charge in [-0.1, -0.05) is 42.5 Å². The summed E-state index contributed by atoms with van der Waals surface area (Å²) >= 11 is 5.48. The van der Waals surface area contributed by atoms with Gasteiger partial charge in [-0.15, -0.1) is 0 Å². The van der Waals surface area contributed by atoms with Crippen LogP contribution in [0.25, 0.3) is 22.2 Å². The van der Waals surface area contributed by atoms with Gasteiger partial charge >= 0.3 is 0 Å². The molecule has 0 bridgehead atoms. The first-order valence-electron chi connectivity index (χ1n) is 9.80. The molecular weight excluding hydrogens is 396 g/mol. The molecular formula is C23H24N4O2S. The molecule has 0 atom stereocenters. The van der Waals surface area contributed by atoms with E-state index in [0.717, 1.165) is 33.4 Å². The Morgan fingerprint density at radius 3 is 2.60 bits per heavy atom. The van der Waals surface area contributed by atoms with E-state index >= 15 is 0 Å². The van der Waals surface area contributed by atoms with E-state index in [2.05, 4.69) is 33.8 Å². The van der Waals surface area contributed by atoms with Crippen molar-refractivity contribution in [3.63, 3.8) is 0 Å². The number of para-hydroxylation sites is 1. The Hall–Kier alpha value is -3.32. The second-order valence-corrected chi connectivity index (χ2v) is 7.54. The molecule has 0 saturated carbocycles. The van der Waals surface area contributed by atoms with E-state index in [-0.39, 0.29) is 6.10 Å². The average molecular weight is 421 g/mol. The number of aromatic nitrogens is 3. The molecule has 0 aliphatic rings. The molecule has 0 aliphatic carbocycles. The maximum atomic E-state index is 6.09. The standard InChI is InChI=1S/C23H24N4O2S/c1-15(2)29-21-13-12-16-8-4-5-9-17(16)19(21)14-24-27-22(25-26-23(27)30)18-10-6-7-11-20(18)28-3/h4-13,15,24H,14H2,1-3H3,(H,26,30). The maximum absolute atomic E-state index is 6.09. The first-order chi connectivity index (χ1) is 14.6. The van der Waals surface area contributed by atoms with Gasteiger partial charge in [0.25, 0.3) is 0 Å². The second-order valence-electron chi connectivity index (χ2n) is 7.15. The van der Waals surface area contributed by atoms with Crippen LogP contribution < -0.4 is 14.9 Å². The summed E-state index contributed by atoms with van der Waals surface area (Å²) in [4.78, 5) is 0. The van der Waals surface area contributed by atoms with Gasteiger partial charge in [0.15, 0.2) is 5.82 Å². The van der Waals surface area contributed by atoms with Crippen molar-refractivity contribution >= 4 is 23.0 Å². The Balaban J connectivity index is 1.74. The molecule has 0 unspecified atom stereocenters. The third-order valence-electron chi connectivity index (χ3n) is 4.79. The Morgan fingerprint density at radius 1 is 1.03 bits per heavy atom. The number of aromatic amines is 1. The molecule has 3 aromatic carbocycles. The van der Waals surface area contributed by atoms with Gasteiger partial charge in [-0.25, -0.2) is 9.77 Å². The number of fused-ring (bicyclic) bond motifs is 1. The van der Waals surface area contributed by atoms with Gasteiger partial charge in [0.2, 0.25) is 4.77 Å². The van der Waals surface area contributed by atoms with Gasteiger partial charge in [-0.3, -0.25) is 0 Å². The first-order valence-corrected chi connectivity index (χ1v) is 10.2. The highest BCUT2D eigenvalue weighted by Gasteiger charge is 2.15.